The van der Waals surface area contributed by atoms with Crippen molar-refractivity contribution in [1.82, 2.24) is 0 Å². The molecular formula is C4H9FOS. The summed E-state index contributed by atoms with van der Waals surface area (Å²) in [6.07, 6.45) is -0.0764. The molecule has 0 fully saturated rings. The Morgan fingerprint density at radius 2 is 2.00 bits per heavy atom. The summed E-state index contributed by atoms with van der Waals surface area (Å²) in [6, 6.07) is 0. The molecule has 1 atom stereocenters. The zero-order valence-corrected chi connectivity index (χ0v) is 5.28. The van der Waals surface area contributed by atoms with Gasteiger partial charge in [0.2, 0.25) is 5.69 Å². The van der Waals surface area contributed by atoms with Gasteiger partial charge in [-0.2, -0.15) is 0 Å². The van der Waals surface area contributed by atoms with Gasteiger partial charge in [-0.25, -0.2) is 4.39 Å². The van der Waals surface area contributed by atoms with E-state index in [0.29, 0.717) is 0 Å². The van der Waals surface area contributed by atoms with Crippen LogP contribution in [0, 0.1) is 0 Å². The molecule has 0 saturated heterocycles. The smallest absolute Gasteiger partial charge is 0.244 e. The summed E-state index contributed by atoms with van der Waals surface area (Å²) in [5, 5.41) is 0. The van der Waals surface area contributed by atoms with Crippen molar-refractivity contribution in [3.63, 3.8) is 0 Å². The molecule has 0 heterocycles. The zero-order valence-electron chi connectivity index (χ0n) is 4.39. The van der Waals surface area contributed by atoms with Crippen LogP contribution in [-0.2, 0) is 4.74 Å². The van der Waals surface area contributed by atoms with Crippen molar-refractivity contribution in [2.45, 2.75) is 25.6 Å². The topological polar surface area (TPSA) is 9.23 Å². The first-order valence-corrected chi connectivity index (χ1v) is 2.62. The second kappa shape index (κ2) is 3.27. The molecule has 0 aromatic heterocycles. The molecule has 44 valence electrons. The van der Waals surface area contributed by atoms with Gasteiger partial charge in [-0.3, -0.25) is 0 Å². The monoisotopic (exact) mass is 124 g/mol. The summed E-state index contributed by atoms with van der Waals surface area (Å²) in [5.41, 5.74) is -1.43. The first-order valence-electron chi connectivity index (χ1n) is 2.10. The van der Waals surface area contributed by atoms with E-state index in [1.54, 1.807) is 13.8 Å². The van der Waals surface area contributed by atoms with Crippen molar-refractivity contribution < 1.29 is 9.13 Å². The minimum atomic E-state index is -1.43. The molecule has 1 nitrogen and oxygen atoms in total. The van der Waals surface area contributed by atoms with Crippen LogP contribution in [0.5, 0.6) is 0 Å². The molecular weight excluding hydrogens is 115 g/mol. The predicted molar refractivity (Wildman–Crippen MR) is 30.1 cm³/mol. The predicted octanol–water partition coefficient (Wildman–Crippen LogP) is 1.59. The molecule has 0 aromatic rings. The largest absolute Gasteiger partial charge is 0.337 e. The van der Waals surface area contributed by atoms with Crippen LogP contribution in [-0.4, -0.2) is 11.8 Å². The number of thiol groups is 1. The number of rotatable bonds is 2. The Hall–Kier alpha value is 0.240. The van der Waals surface area contributed by atoms with Crippen LogP contribution in [0.2, 0.25) is 0 Å². The van der Waals surface area contributed by atoms with Gasteiger partial charge in [0.25, 0.3) is 0 Å². The third-order valence-corrected chi connectivity index (χ3v) is 0.506. The maximum atomic E-state index is 11.6. The average Bonchev–Trinajstić information content (AvgIpc) is 1.27. The number of alkyl halides is 1. The van der Waals surface area contributed by atoms with Crippen LogP contribution < -0.4 is 0 Å². The van der Waals surface area contributed by atoms with E-state index in [9.17, 15) is 4.39 Å². The highest BCUT2D eigenvalue weighted by atomic mass is 32.1. The maximum Gasteiger partial charge on any atom is 0.244 e. The fraction of sp³-hybridized carbons (Fsp3) is 1.00. The molecule has 3 heteroatoms. The molecule has 0 bridgehead atoms. The molecule has 0 aliphatic carbocycles. The lowest BCUT2D eigenvalue weighted by Crippen LogP contribution is -2.06. The van der Waals surface area contributed by atoms with Gasteiger partial charge < -0.3 is 4.74 Å². The standard InChI is InChI=1S/C4H9FOS/c1-3(2)6-4(5)7/h3-4,7H,1-2H3. The lowest BCUT2D eigenvalue weighted by atomic mass is 10.5. The number of halogens is 1. The fourth-order valence-electron chi connectivity index (χ4n) is 0.225. The lowest BCUT2D eigenvalue weighted by Gasteiger charge is -2.05. The quantitative estimate of drug-likeness (QED) is 0.434. The van der Waals surface area contributed by atoms with Crippen LogP contribution in [0.3, 0.4) is 0 Å². The van der Waals surface area contributed by atoms with Crippen LogP contribution in [0.1, 0.15) is 13.8 Å². The van der Waals surface area contributed by atoms with E-state index in [1.807, 2.05) is 0 Å². The van der Waals surface area contributed by atoms with Crippen molar-refractivity contribution >= 4 is 12.6 Å². The Bertz CT molecular complexity index is 41.0. The summed E-state index contributed by atoms with van der Waals surface area (Å²) in [5.74, 6) is 0. The van der Waals surface area contributed by atoms with Crippen molar-refractivity contribution in [3.8, 4) is 0 Å². The summed E-state index contributed by atoms with van der Waals surface area (Å²) >= 11 is 3.35. The SMILES string of the molecule is CC(C)OC(F)S. The van der Waals surface area contributed by atoms with Gasteiger partial charge in [0, 0.05) is 0 Å². The van der Waals surface area contributed by atoms with Gasteiger partial charge in [-0.15, -0.1) is 12.6 Å². The van der Waals surface area contributed by atoms with E-state index >= 15 is 0 Å². The molecule has 0 rings (SSSR count). The van der Waals surface area contributed by atoms with Crippen molar-refractivity contribution in [3.05, 3.63) is 0 Å². The summed E-state index contributed by atoms with van der Waals surface area (Å²) < 4.78 is 16.0. The van der Waals surface area contributed by atoms with Gasteiger partial charge in [0.1, 0.15) is 0 Å². The highest BCUT2D eigenvalue weighted by molar-refractivity contribution is 7.80. The van der Waals surface area contributed by atoms with Gasteiger partial charge in [0.05, 0.1) is 6.10 Å². The third-order valence-electron chi connectivity index (χ3n) is 0.384. The first-order chi connectivity index (χ1) is 3.13. The van der Waals surface area contributed by atoms with Crippen molar-refractivity contribution in [1.29, 1.82) is 0 Å². The van der Waals surface area contributed by atoms with E-state index in [-0.39, 0.29) is 6.10 Å². The van der Waals surface area contributed by atoms with Crippen molar-refractivity contribution in [2.24, 2.45) is 0 Å². The van der Waals surface area contributed by atoms with E-state index in [2.05, 4.69) is 17.4 Å². The van der Waals surface area contributed by atoms with E-state index in [0.717, 1.165) is 0 Å². The molecule has 1 unspecified atom stereocenters. The molecule has 0 radical (unpaired) electrons. The molecule has 0 N–H and O–H groups in total. The normalized spacial score (nSPS) is 15.0. The maximum absolute atomic E-state index is 11.6. The first kappa shape index (κ1) is 7.24. The number of hydrogen-bond donors (Lipinski definition) is 1. The Morgan fingerprint density at radius 1 is 1.57 bits per heavy atom. The second-order valence-corrected chi connectivity index (χ2v) is 1.88. The molecule has 0 spiro atoms. The number of ether oxygens (including phenoxy) is 1. The highest BCUT2D eigenvalue weighted by Gasteiger charge is 1.98. The van der Waals surface area contributed by atoms with Gasteiger partial charge in [-0.1, -0.05) is 0 Å². The van der Waals surface area contributed by atoms with Gasteiger partial charge >= 0.3 is 0 Å². The van der Waals surface area contributed by atoms with Crippen LogP contribution >= 0.6 is 12.6 Å². The second-order valence-electron chi connectivity index (χ2n) is 1.48. The third kappa shape index (κ3) is 6.24. The summed E-state index contributed by atoms with van der Waals surface area (Å²) in [4.78, 5) is 0. The van der Waals surface area contributed by atoms with E-state index < -0.39 is 5.69 Å². The molecule has 0 aliphatic heterocycles. The van der Waals surface area contributed by atoms with E-state index in [4.69, 9.17) is 0 Å². The molecule has 0 aliphatic rings. The average molecular weight is 124 g/mol. The number of hydrogen-bond acceptors (Lipinski definition) is 2. The summed E-state index contributed by atoms with van der Waals surface area (Å²) in [7, 11) is 0. The van der Waals surface area contributed by atoms with Crippen LogP contribution in [0.25, 0.3) is 0 Å². The molecule has 0 aromatic carbocycles. The molecule has 0 saturated carbocycles. The molecule has 0 amide bonds. The Labute approximate surface area is 48.3 Å². The fourth-order valence-corrected chi connectivity index (χ4v) is 0.468. The van der Waals surface area contributed by atoms with Gasteiger partial charge in [-0.05, 0) is 13.8 Å². The van der Waals surface area contributed by atoms with Crippen LogP contribution in [0.4, 0.5) is 4.39 Å². The lowest BCUT2D eigenvalue weighted by molar-refractivity contribution is -0.0100. The minimum absolute atomic E-state index is 0.0764. The van der Waals surface area contributed by atoms with Crippen molar-refractivity contribution in [2.75, 3.05) is 0 Å². The Balaban J connectivity index is 2.95. The highest BCUT2D eigenvalue weighted by Crippen LogP contribution is 2.01. The summed E-state index contributed by atoms with van der Waals surface area (Å²) in [6.45, 7) is 3.51. The van der Waals surface area contributed by atoms with Gasteiger partial charge in [0.15, 0.2) is 0 Å². The zero-order chi connectivity index (χ0) is 5.86. The minimum Gasteiger partial charge on any atom is -0.337 e. The Kier molecular flexibility index (Phi) is 3.38. The molecule has 7 heavy (non-hydrogen) atoms. The Morgan fingerprint density at radius 3 is 2.00 bits per heavy atom. The van der Waals surface area contributed by atoms with Crippen LogP contribution in [0.15, 0.2) is 0 Å². The van der Waals surface area contributed by atoms with E-state index in [1.165, 1.54) is 0 Å².